The molecule has 1 rings (SSSR count). The lowest BCUT2D eigenvalue weighted by atomic mass is 9.84. The molecule has 1 aromatic carbocycles. The van der Waals surface area contributed by atoms with Crippen molar-refractivity contribution < 1.29 is 9.90 Å². The SMILES string of the molecule is CCC(CO)NC(=O)C(C)(C)Cc1cccc(Cl)c1. The molecule has 0 spiro atoms. The van der Waals surface area contributed by atoms with Crippen LogP contribution in [0, 0.1) is 5.41 Å². The van der Waals surface area contributed by atoms with E-state index in [1.54, 1.807) is 0 Å². The molecule has 0 aliphatic rings. The fourth-order valence-electron chi connectivity index (χ4n) is 1.90. The van der Waals surface area contributed by atoms with Gasteiger partial charge in [0.1, 0.15) is 0 Å². The van der Waals surface area contributed by atoms with Gasteiger partial charge in [0.05, 0.1) is 12.6 Å². The molecule has 2 N–H and O–H groups in total. The third kappa shape index (κ3) is 4.84. The topological polar surface area (TPSA) is 49.3 Å². The van der Waals surface area contributed by atoms with Crippen molar-refractivity contribution >= 4 is 17.5 Å². The zero-order chi connectivity index (χ0) is 14.5. The predicted octanol–water partition coefficient (Wildman–Crippen LogP) is 2.80. The van der Waals surface area contributed by atoms with Crippen molar-refractivity contribution in [1.82, 2.24) is 5.32 Å². The average Bonchev–Trinajstić information content (AvgIpc) is 2.35. The summed E-state index contributed by atoms with van der Waals surface area (Å²) in [5.41, 5.74) is 0.498. The number of hydrogen-bond acceptors (Lipinski definition) is 2. The Labute approximate surface area is 120 Å². The number of aliphatic hydroxyl groups is 1. The highest BCUT2D eigenvalue weighted by molar-refractivity contribution is 6.30. The van der Waals surface area contributed by atoms with Crippen LogP contribution in [-0.2, 0) is 11.2 Å². The van der Waals surface area contributed by atoms with Crippen LogP contribution in [0.5, 0.6) is 0 Å². The number of aliphatic hydroxyl groups excluding tert-OH is 1. The Kier molecular flexibility index (Phi) is 5.83. The van der Waals surface area contributed by atoms with Gasteiger partial charge < -0.3 is 10.4 Å². The molecule has 0 saturated carbocycles. The molecule has 1 aromatic rings. The number of hydrogen-bond donors (Lipinski definition) is 2. The fourth-order valence-corrected chi connectivity index (χ4v) is 2.11. The molecule has 106 valence electrons. The molecule has 0 fully saturated rings. The van der Waals surface area contributed by atoms with Gasteiger partial charge >= 0.3 is 0 Å². The van der Waals surface area contributed by atoms with Gasteiger partial charge in [-0.1, -0.05) is 44.5 Å². The number of amides is 1. The lowest BCUT2D eigenvalue weighted by Gasteiger charge is -2.26. The minimum atomic E-state index is -0.534. The summed E-state index contributed by atoms with van der Waals surface area (Å²) in [6.07, 6.45) is 1.33. The molecule has 4 heteroatoms. The van der Waals surface area contributed by atoms with Gasteiger partial charge in [0, 0.05) is 10.4 Å². The van der Waals surface area contributed by atoms with Crippen LogP contribution in [0.15, 0.2) is 24.3 Å². The van der Waals surface area contributed by atoms with E-state index in [1.807, 2.05) is 45.0 Å². The highest BCUT2D eigenvalue weighted by Gasteiger charge is 2.29. The quantitative estimate of drug-likeness (QED) is 0.843. The van der Waals surface area contributed by atoms with Gasteiger partial charge in [-0.25, -0.2) is 0 Å². The normalized spacial score (nSPS) is 13.1. The second-order valence-corrected chi connectivity index (χ2v) is 5.89. The van der Waals surface area contributed by atoms with E-state index in [-0.39, 0.29) is 18.6 Å². The lowest BCUT2D eigenvalue weighted by molar-refractivity contribution is -0.130. The first-order valence-corrected chi connectivity index (χ1v) is 6.93. The van der Waals surface area contributed by atoms with Crippen molar-refractivity contribution in [3.63, 3.8) is 0 Å². The molecule has 1 unspecified atom stereocenters. The van der Waals surface area contributed by atoms with Crippen LogP contribution < -0.4 is 5.32 Å². The van der Waals surface area contributed by atoms with E-state index >= 15 is 0 Å². The van der Waals surface area contributed by atoms with Crippen LogP contribution in [0.25, 0.3) is 0 Å². The molecule has 0 aliphatic carbocycles. The molecule has 0 aliphatic heterocycles. The van der Waals surface area contributed by atoms with Gasteiger partial charge in [-0.2, -0.15) is 0 Å². The molecule has 19 heavy (non-hydrogen) atoms. The van der Waals surface area contributed by atoms with Crippen LogP contribution >= 0.6 is 11.6 Å². The molecular weight excluding hydrogens is 262 g/mol. The fraction of sp³-hybridized carbons (Fsp3) is 0.533. The lowest BCUT2D eigenvalue weighted by Crippen LogP contribution is -2.45. The Morgan fingerprint density at radius 2 is 2.16 bits per heavy atom. The smallest absolute Gasteiger partial charge is 0.226 e. The number of carbonyl (C=O) groups is 1. The zero-order valence-electron chi connectivity index (χ0n) is 11.7. The maximum absolute atomic E-state index is 12.2. The van der Waals surface area contributed by atoms with Crippen LogP contribution in [0.2, 0.25) is 5.02 Å². The van der Waals surface area contributed by atoms with Gasteiger partial charge in [-0.15, -0.1) is 0 Å². The Balaban J connectivity index is 2.72. The third-order valence-electron chi connectivity index (χ3n) is 3.20. The molecule has 1 atom stereocenters. The van der Waals surface area contributed by atoms with Gasteiger partial charge in [-0.3, -0.25) is 4.79 Å². The van der Waals surface area contributed by atoms with Crippen molar-refractivity contribution in [2.75, 3.05) is 6.61 Å². The van der Waals surface area contributed by atoms with Gasteiger partial charge in [-0.05, 0) is 30.5 Å². The number of benzene rings is 1. The van der Waals surface area contributed by atoms with Crippen molar-refractivity contribution in [3.8, 4) is 0 Å². The molecule has 3 nitrogen and oxygen atoms in total. The van der Waals surface area contributed by atoms with Crippen molar-refractivity contribution in [2.24, 2.45) is 5.41 Å². The number of rotatable bonds is 6. The van der Waals surface area contributed by atoms with E-state index < -0.39 is 5.41 Å². The minimum absolute atomic E-state index is 0.0323. The average molecular weight is 284 g/mol. The summed E-state index contributed by atoms with van der Waals surface area (Å²) < 4.78 is 0. The van der Waals surface area contributed by atoms with Gasteiger partial charge in [0.15, 0.2) is 0 Å². The molecular formula is C15H22ClNO2. The standard InChI is InChI=1S/C15H22ClNO2/c1-4-13(10-18)17-14(19)15(2,3)9-11-6-5-7-12(16)8-11/h5-8,13,18H,4,9-10H2,1-3H3,(H,17,19). The van der Waals surface area contributed by atoms with Gasteiger partial charge in [0.2, 0.25) is 5.91 Å². The Hall–Kier alpha value is -1.06. The molecule has 1 amide bonds. The molecule has 0 bridgehead atoms. The summed E-state index contributed by atoms with van der Waals surface area (Å²) in [6, 6.07) is 7.36. The summed E-state index contributed by atoms with van der Waals surface area (Å²) in [6.45, 7) is 5.70. The largest absolute Gasteiger partial charge is 0.394 e. The Morgan fingerprint density at radius 1 is 1.47 bits per heavy atom. The highest BCUT2D eigenvalue weighted by Crippen LogP contribution is 2.24. The summed E-state index contributed by atoms with van der Waals surface area (Å²) >= 11 is 5.95. The molecule has 0 saturated heterocycles. The molecule has 0 heterocycles. The predicted molar refractivity (Wildman–Crippen MR) is 78.2 cm³/mol. The maximum atomic E-state index is 12.2. The van der Waals surface area contributed by atoms with E-state index in [4.69, 9.17) is 16.7 Å². The second kappa shape index (κ2) is 6.92. The first kappa shape index (κ1) is 16.0. The summed E-state index contributed by atoms with van der Waals surface area (Å²) in [4.78, 5) is 12.2. The monoisotopic (exact) mass is 283 g/mol. The first-order valence-electron chi connectivity index (χ1n) is 6.55. The summed E-state index contributed by atoms with van der Waals surface area (Å²) in [5, 5.41) is 12.7. The van der Waals surface area contributed by atoms with E-state index in [0.717, 1.165) is 12.0 Å². The Morgan fingerprint density at radius 3 is 2.68 bits per heavy atom. The molecule has 0 aromatic heterocycles. The van der Waals surface area contributed by atoms with Crippen LogP contribution in [-0.4, -0.2) is 23.7 Å². The van der Waals surface area contributed by atoms with E-state index in [2.05, 4.69) is 5.32 Å². The zero-order valence-corrected chi connectivity index (χ0v) is 12.5. The van der Waals surface area contributed by atoms with Crippen molar-refractivity contribution in [3.05, 3.63) is 34.9 Å². The van der Waals surface area contributed by atoms with Crippen molar-refractivity contribution in [2.45, 2.75) is 39.7 Å². The number of carbonyl (C=O) groups excluding carboxylic acids is 1. The van der Waals surface area contributed by atoms with Crippen LogP contribution in [0.4, 0.5) is 0 Å². The highest BCUT2D eigenvalue weighted by atomic mass is 35.5. The maximum Gasteiger partial charge on any atom is 0.226 e. The second-order valence-electron chi connectivity index (χ2n) is 5.45. The Bertz CT molecular complexity index is 428. The van der Waals surface area contributed by atoms with E-state index in [9.17, 15) is 4.79 Å². The van der Waals surface area contributed by atoms with Crippen molar-refractivity contribution in [1.29, 1.82) is 0 Å². The summed E-state index contributed by atoms with van der Waals surface area (Å²) in [7, 11) is 0. The van der Waals surface area contributed by atoms with E-state index in [1.165, 1.54) is 0 Å². The van der Waals surface area contributed by atoms with Gasteiger partial charge in [0.25, 0.3) is 0 Å². The molecule has 0 radical (unpaired) electrons. The third-order valence-corrected chi connectivity index (χ3v) is 3.43. The minimum Gasteiger partial charge on any atom is -0.394 e. The van der Waals surface area contributed by atoms with Crippen LogP contribution in [0.3, 0.4) is 0 Å². The number of halogens is 1. The number of nitrogens with one attached hydrogen (secondary N) is 1. The van der Waals surface area contributed by atoms with Crippen LogP contribution in [0.1, 0.15) is 32.8 Å². The first-order chi connectivity index (χ1) is 8.89. The van der Waals surface area contributed by atoms with E-state index in [0.29, 0.717) is 11.4 Å². The summed E-state index contributed by atoms with van der Waals surface area (Å²) in [5.74, 6) is -0.0478.